The van der Waals surface area contributed by atoms with E-state index in [9.17, 15) is 9.59 Å². The largest absolute Gasteiger partial charge is 0.336 e. The number of pyridine rings is 1. The quantitative estimate of drug-likeness (QED) is 0.567. The maximum absolute atomic E-state index is 12.4. The van der Waals surface area contributed by atoms with Crippen molar-refractivity contribution in [3.05, 3.63) is 92.5 Å². The summed E-state index contributed by atoms with van der Waals surface area (Å²) in [5.74, 6) is 0. The molecule has 6 nitrogen and oxygen atoms in total. The number of amides is 2. The molecule has 0 spiro atoms. The van der Waals surface area contributed by atoms with Gasteiger partial charge in [-0.1, -0.05) is 36.4 Å². The molecule has 0 saturated carbocycles. The van der Waals surface area contributed by atoms with Crippen LogP contribution in [0.4, 0.5) is 4.79 Å². The lowest BCUT2D eigenvalue weighted by Crippen LogP contribution is -2.41. The first-order valence-electron chi connectivity index (χ1n) is 10.7. The van der Waals surface area contributed by atoms with Gasteiger partial charge in [0.15, 0.2) is 0 Å². The molecule has 1 fully saturated rings. The molecule has 1 atom stereocenters. The predicted molar refractivity (Wildman–Crippen MR) is 124 cm³/mol. The van der Waals surface area contributed by atoms with Gasteiger partial charge >= 0.3 is 6.03 Å². The number of aromatic nitrogens is 1. The molecular weight excluding hydrogens is 408 g/mol. The maximum atomic E-state index is 12.4. The van der Waals surface area contributed by atoms with E-state index in [2.05, 4.69) is 33.0 Å². The van der Waals surface area contributed by atoms with Crippen LogP contribution in [-0.4, -0.2) is 35.1 Å². The molecule has 3 aromatic rings. The van der Waals surface area contributed by atoms with Gasteiger partial charge in [0, 0.05) is 30.2 Å². The summed E-state index contributed by atoms with van der Waals surface area (Å²) in [5.41, 5.74) is 2.05. The van der Waals surface area contributed by atoms with Crippen molar-refractivity contribution in [2.45, 2.75) is 32.0 Å². The topological polar surface area (TPSA) is 66.4 Å². The molecule has 31 heavy (non-hydrogen) atoms. The Hall–Kier alpha value is -2.90. The molecule has 2 N–H and O–H groups in total. The number of carbonyl (C=O) groups is 1. The van der Waals surface area contributed by atoms with Gasteiger partial charge in [-0.15, -0.1) is 11.3 Å². The van der Waals surface area contributed by atoms with E-state index in [1.807, 2.05) is 30.3 Å². The number of carbonyl (C=O) groups excluding carboxylic acids is 1. The van der Waals surface area contributed by atoms with Crippen LogP contribution < -0.4 is 16.2 Å². The Morgan fingerprint density at radius 1 is 0.968 bits per heavy atom. The number of urea groups is 1. The lowest BCUT2D eigenvalue weighted by Gasteiger charge is -2.27. The number of rotatable bonds is 8. The van der Waals surface area contributed by atoms with Crippen LogP contribution in [0.5, 0.6) is 0 Å². The summed E-state index contributed by atoms with van der Waals surface area (Å²) in [5, 5.41) is 8.09. The highest BCUT2D eigenvalue weighted by atomic mass is 32.1. The second kappa shape index (κ2) is 10.4. The Morgan fingerprint density at radius 3 is 2.45 bits per heavy atom. The average Bonchev–Trinajstić information content (AvgIpc) is 3.50. The van der Waals surface area contributed by atoms with Crippen molar-refractivity contribution >= 4 is 17.4 Å². The van der Waals surface area contributed by atoms with Gasteiger partial charge in [0.05, 0.1) is 12.6 Å². The maximum Gasteiger partial charge on any atom is 0.315 e. The molecule has 162 valence electrons. The van der Waals surface area contributed by atoms with Crippen molar-refractivity contribution in [1.82, 2.24) is 20.1 Å². The van der Waals surface area contributed by atoms with Crippen LogP contribution in [0.2, 0.25) is 0 Å². The van der Waals surface area contributed by atoms with E-state index in [0.29, 0.717) is 19.6 Å². The zero-order valence-electron chi connectivity index (χ0n) is 17.5. The number of nitrogens with one attached hydrogen (secondary N) is 2. The average molecular weight is 437 g/mol. The third kappa shape index (κ3) is 5.83. The van der Waals surface area contributed by atoms with Gasteiger partial charge in [0.2, 0.25) is 0 Å². The zero-order valence-corrected chi connectivity index (χ0v) is 18.3. The molecule has 3 heterocycles. The van der Waals surface area contributed by atoms with Crippen LogP contribution in [0.3, 0.4) is 0 Å². The van der Waals surface area contributed by atoms with Crippen molar-refractivity contribution < 1.29 is 4.79 Å². The molecule has 1 aliphatic rings. The van der Waals surface area contributed by atoms with Gasteiger partial charge < -0.3 is 15.2 Å². The molecular formula is C24H28N4O2S. The molecule has 2 amide bonds. The SMILES string of the molecule is O=C(NCc1ccc(Cn2ccccc2=O)cc1)NCC(c1cccs1)N1CCCC1. The van der Waals surface area contributed by atoms with Gasteiger partial charge in [-0.3, -0.25) is 9.69 Å². The van der Waals surface area contributed by atoms with E-state index >= 15 is 0 Å². The standard InChI is InChI=1S/C24H28N4O2S/c29-23-7-1-2-14-28(23)18-20-10-8-19(9-11-20)16-25-24(30)26-17-21(22-6-5-15-31-22)27-12-3-4-13-27/h1-2,5-11,14-15,21H,3-4,12-13,16-18H2,(H2,25,26,30). The lowest BCUT2D eigenvalue weighted by atomic mass is 10.1. The fourth-order valence-corrected chi connectivity index (χ4v) is 4.79. The smallest absolute Gasteiger partial charge is 0.315 e. The second-order valence-corrected chi connectivity index (χ2v) is 8.80. The number of nitrogens with zero attached hydrogens (tertiary/aromatic N) is 2. The summed E-state index contributed by atoms with van der Waals surface area (Å²) >= 11 is 1.75. The minimum absolute atomic E-state index is 0.0142. The van der Waals surface area contributed by atoms with Crippen LogP contribution in [-0.2, 0) is 13.1 Å². The molecule has 1 saturated heterocycles. The highest BCUT2D eigenvalue weighted by Crippen LogP contribution is 2.27. The van der Waals surface area contributed by atoms with Gasteiger partial charge in [-0.2, -0.15) is 0 Å². The van der Waals surface area contributed by atoms with Crippen LogP contribution >= 0.6 is 11.3 Å². The minimum Gasteiger partial charge on any atom is -0.336 e. The number of hydrogen-bond donors (Lipinski definition) is 2. The number of likely N-dealkylation sites (tertiary alicyclic amines) is 1. The summed E-state index contributed by atoms with van der Waals surface area (Å²) in [6.07, 6.45) is 4.24. The van der Waals surface area contributed by atoms with E-state index in [1.54, 1.807) is 34.2 Å². The van der Waals surface area contributed by atoms with Gasteiger partial charge in [0.25, 0.3) is 5.56 Å². The Kier molecular flexibility index (Phi) is 7.17. The van der Waals surface area contributed by atoms with Gasteiger partial charge in [0.1, 0.15) is 0 Å². The van der Waals surface area contributed by atoms with Gasteiger partial charge in [-0.25, -0.2) is 4.79 Å². The molecule has 4 rings (SSSR count). The fraction of sp³-hybridized carbons (Fsp3) is 0.333. The zero-order chi connectivity index (χ0) is 21.5. The molecule has 0 bridgehead atoms. The van der Waals surface area contributed by atoms with Crippen molar-refractivity contribution in [2.24, 2.45) is 0 Å². The monoisotopic (exact) mass is 436 g/mol. The van der Waals surface area contributed by atoms with Crippen molar-refractivity contribution in [2.75, 3.05) is 19.6 Å². The number of hydrogen-bond acceptors (Lipinski definition) is 4. The van der Waals surface area contributed by atoms with E-state index in [4.69, 9.17) is 0 Å². The number of benzene rings is 1. The molecule has 2 aromatic heterocycles. The summed E-state index contributed by atoms with van der Waals surface area (Å²) in [6, 6.07) is 17.4. The summed E-state index contributed by atoms with van der Waals surface area (Å²) in [7, 11) is 0. The van der Waals surface area contributed by atoms with Crippen molar-refractivity contribution in [1.29, 1.82) is 0 Å². The summed E-state index contributed by atoms with van der Waals surface area (Å²) < 4.78 is 1.67. The normalized spacial score (nSPS) is 15.0. The van der Waals surface area contributed by atoms with Gasteiger partial charge in [-0.05, 0) is 54.6 Å². The molecule has 1 aromatic carbocycles. The molecule has 0 radical (unpaired) electrons. The second-order valence-electron chi connectivity index (χ2n) is 7.82. The third-order valence-electron chi connectivity index (χ3n) is 5.64. The Balaban J connectivity index is 1.26. The summed E-state index contributed by atoms with van der Waals surface area (Å²) in [4.78, 5) is 28.0. The molecule has 7 heteroatoms. The van der Waals surface area contributed by atoms with Crippen molar-refractivity contribution in [3.8, 4) is 0 Å². The predicted octanol–water partition coefficient (Wildman–Crippen LogP) is 3.59. The Labute approximate surface area is 186 Å². The van der Waals surface area contributed by atoms with Crippen LogP contribution in [0.15, 0.2) is 71.0 Å². The lowest BCUT2D eigenvalue weighted by molar-refractivity contribution is 0.222. The fourth-order valence-electron chi connectivity index (χ4n) is 3.93. The highest BCUT2D eigenvalue weighted by molar-refractivity contribution is 7.10. The van der Waals surface area contributed by atoms with Crippen LogP contribution in [0.1, 0.15) is 34.9 Å². The molecule has 0 aliphatic carbocycles. The van der Waals surface area contributed by atoms with E-state index < -0.39 is 0 Å². The highest BCUT2D eigenvalue weighted by Gasteiger charge is 2.24. The Bertz CT molecular complexity index is 1020. The number of thiophene rings is 1. The van der Waals surface area contributed by atoms with E-state index in [0.717, 1.165) is 24.2 Å². The molecule has 1 aliphatic heterocycles. The Morgan fingerprint density at radius 2 is 1.74 bits per heavy atom. The van der Waals surface area contributed by atoms with E-state index in [1.165, 1.54) is 17.7 Å². The first kappa shape index (κ1) is 21.3. The first-order valence-corrected chi connectivity index (χ1v) is 11.6. The van der Waals surface area contributed by atoms with Crippen molar-refractivity contribution in [3.63, 3.8) is 0 Å². The van der Waals surface area contributed by atoms with Crippen LogP contribution in [0, 0.1) is 0 Å². The minimum atomic E-state index is -0.152. The third-order valence-corrected chi connectivity index (χ3v) is 6.61. The molecule has 1 unspecified atom stereocenters. The van der Waals surface area contributed by atoms with Crippen LogP contribution in [0.25, 0.3) is 0 Å². The first-order chi connectivity index (χ1) is 15.2. The van der Waals surface area contributed by atoms with E-state index in [-0.39, 0.29) is 17.6 Å². The summed E-state index contributed by atoms with van der Waals surface area (Å²) in [6.45, 7) is 3.79.